The van der Waals surface area contributed by atoms with Crippen LogP contribution in [0.1, 0.15) is 43.9 Å². The maximum Gasteiger partial charge on any atom is 0.337 e. The van der Waals surface area contributed by atoms with Crippen molar-refractivity contribution in [2.45, 2.75) is 12.8 Å². The molecule has 0 aromatic heterocycles. The fraction of sp³-hybridized carbons (Fsp3) is 0.250. The van der Waals surface area contributed by atoms with E-state index < -0.39 is 5.97 Å². The summed E-state index contributed by atoms with van der Waals surface area (Å²) >= 11 is 0. The van der Waals surface area contributed by atoms with Crippen LogP contribution in [0.15, 0.2) is 48.5 Å². The molecule has 1 saturated heterocycles. The van der Waals surface area contributed by atoms with Gasteiger partial charge < -0.3 is 15.0 Å². The van der Waals surface area contributed by atoms with Crippen molar-refractivity contribution in [3.05, 3.63) is 65.2 Å². The van der Waals surface area contributed by atoms with Gasteiger partial charge in [-0.05, 0) is 61.4 Å². The summed E-state index contributed by atoms with van der Waals surface area (Å²) in [7, 11) is 1.31. The number of rotatable bonds is 4. The predicted molar refractivity (Wildman–Crippen MR) is 97.3 cm³/mol. The van der Waals surface area contributed by atoms with Crippen molar-refractivity contribution < 1.29 is 19.1 Å². The molecule has 26 heavy (non-hydrogen) atoms. The molecule has 0 saturated carbocycles. The van der Waals surface area contributed by atoms with Gasteiger partial charge >= 0.3 is 5.97 Å². The van der Waals surface area contributed by atoms with Gasteiger partial charge in [0.05, 0.1) is 12.7 Å². The van der Waals surface area contributed by atoms with Gasteiger partial charge in [-0.15, -0.1) is 0 Å². The summed E-state index contributed by atoms with van der Waals surface area (Å²) in [5.74, 6) is -0.714. The highest BCUT2D eigenvalue weighted by molar-refractivity contribution is 6.05. The third-order valence-corrected chi connectivity index (χ3v) is 4.35. The van der Waals surface area contributed by atoms with Gasteiger partial charge in [0.15, 0.2) is 0 Å². The van der Waals surface area contributed by atoms with Crippen LogP contribution < -0.4 is 5.32 Å². The van der Waals surface area contributed by atoms with Crippen molar-refractivity contribution in [2.24, 2.45) is 0 Å². The number of hydrogen-bond acceptors (Lipinski definition) is 4. The Kier molecular flexibility index (Phi) is 5.31. The summed E-state index contributed by atoms with van der Waals surface area (Å²) in [6.45, 7) is 1.61. The summed E-state index contributed by atoms with van der Waals surface area (Å²) in [6, 6.07) is 13.1. The molecule has 6 heteroatoms. The minimum absolute atomic E-state index is 0.0266. The molecule has 1 heterocycles. The van der Waals surface area contributed by atoms with Crippen LogP contribution in [0.2, 0.25) is 0 Å². The van der Waals surface area contributed by atoms with Gasteiger partial charge in [0.25, 0.3) is 11.8 Å². The number of ether oxygens (including phenoxy) is 1. The molecule has 1 N–H and O–H groups in total. The zero-order valence-electron chi connectivity index (χ0n) is 14.5. The van der Waals surface area contributed by atoms with Gasteiger partial charge in [-0.25, -0.2) is 4.79 Å². The number of amides is 2. The SMILES string of the molecule is COC(=O)c1ccc(C(=O)Nc2ccc(C(=O)N3CCCC3)cc2)cc1. The number of carbonyl (C=O) groups is 3. The molecule has 1 aliphatic heterocycles. The van der Waals surface area contributed by atoms with E-state index in [1.165, 1.54) is 7.11 Å². The molecule has 1 aliphatic rings. The van der Waals surface area contributed by atoms with Gasteiger partial charge in [0, 0.05) is 29.9 Å². The fourth-order valence-corrected chi connectivity index (χ4v) is 2.88. The maximum atomic E-state index is 12.3. The Balaban J connectivity index is 1.64. The van der Waals surface area contributed by atoms with E-state index in [0.29, 0.717) is 22.4 Å². The molecule has 1 fully saturated rings. The van der Waals surface area contributed by atoms with Crippen molar-refractivity contribution in [3.63, 3.8) is 0 Å². The van der Waals surface area contributed by atoms with E-state index in [4.69, 9.17) is 0 Å². The van der Waals surface area contributed by atoms with Gasteiger partial charge in [-0.3, -0.25) is 9.59 Å². The van der Waals surface area contributed by atoms with Crippen LogP contribution in [-0.4, -0.2) is 42.9 Å². The fourth-order valence-electron chi connectivity index (χ4n) is 2.88. The van der Waals surface area contributed by atoms with Crippen LogP contribution in [-0.2, 0) is 4.74 Å². The average Bonchev–Trinajstić information content (AvgIpc) is 3.22. The zero-order valence-corrected chi connectivity index (χ0v) is 14.5. The molecule has 0 radical (unpaired) electrons. The predicted octanol–water partition coefficient (Wildman–Crippen LogP) is 2.96. The number of carbonyl (C=O) groups excluding carboxylic acids is 3. The first-order valence-electron chi connectivity index (χ1n) is 8.47. The number of likely N-dealkylation sites (tertiary alicyclic amines) is 1. The largest absolute Gasteiger partial charge is 0.465 e. The number of hydrogen-bond donors (Lipinski definition) is 1. The Hall–Kier alpha value is -3.15. The van der Waals surface area contributed by atoms with Crippen molar-refractivity contribution in [1.82, 2.24) is 4.90 Å². The van der Waals surface area contributed by atoms with Crippen LogP contribution in [0.25, 0.3) is 0 Å². The topological polar surface area (TPSA) is 75.7 Å². The van der Waals surface area contributed by atoms with Crippen molar-refractivity contribution >= 4 is 23.5 Å². The highest BCUT2D eigenvalue weighted by atomic mass is 16.5. The second kappa shape index (κ2) is 7.82. The molecule has 2 aromatic carbocycles. The second-order valence-corrected chi connectivity index (χ2v) is 6.10. The molecule has 0 bridgehead atoms. The molecule has 0 spiro atoms. The molecule has 3 rings (SSSR count). The first kappa shape index (κ1) is 17.7. The lowest BCUT2D eigenvalue weighted by Crippen LogP contribution is -2.27. The highest BCUT2D eigenvalue weighted by Gasteiger charge is 2.19. The van der Waals surface area contributed by atoms with Crippen LogP contribution in [0.3, 0.4) is 0 Å². The Morgan fingerprint density at radius 2 is 1.38 bits per heavy atom. The summed E-state index contributed by atoms with van der Waals surface area (Å²) in [6.07, 6.45) is 2.10. The molecule has 2 aromatic rings. The second-order valence-electron chi connectivity index (χ2n) is 6.10. The Morgan fingerprint density at radius 1 is 0.846 bits per heavy atom. The van der Waals surface area contributed by atoms with Gasteiger partial charge in [0.2, 0.25) is 0 Å². The van der Waals surface area contributed by atoms with Crippen LogP contribution in [0.4, 0.5) is 5.69 Å². The quantitative estimate of drug-likeness (QED) is 0.859. The lowest BCUT2D eigenvalue weighted by Gasteiger charge is -2.15. The van der Waals surface area contributed by atoms with Gasteiger partial charge in [0.1, 0.15) is 0 Å². The zero-order chi connectivity index (χ0) is 18.5. The van der Waals surface area contributed by atoms with Crippen molar-refractivity contribution in [2.75, 3.05) is 25.5 Å². The number of anilines is 1. The van der Waals surface area contributed by atoms with E-state index in [-0.39, 0.29) is 11.8 Å². The third kappa shape index (κ3) is 3.91. The van der Waals surface area contributed by atoms with Crippen LogP contribution in [0.5, 0.6) is 0 Å². The minimum atomic E-state index is -0.449. The summed E-state index contributed by atoms with van der Waals surface area (Å²) in [4.78, 5) is 37.9. The first-order chi connectivity index (χ1) is 12.6. The monoisotopic (exact) mass is 352 g/mol. The van der Waals surface area contributed by atoms with Crippen molar-refractivity contribution in [1.29, 1.82) is 0 Å². The number of benzene rings is 2. The van der Waals surface area contributed by atoms with Crippen molar-refractivity contribution in [3.8, 4) is 0 Å². The number of esters is 1. The molecule has 0 atom stereocenters. The molecular weight excluding hydrogens is 332 g/mol. The molecular formula is C20H20N2O4. The van der Waals surface area contributed by atoms with E-state index in [2.05, 4.69) is 10.1 Å². The standard InChI is InChI=1S/C20H20N2O4/c1-26-20(25)16-6-4-14(5-7-16)18(23)21-17-10-8-15(9-11-17)19(24)22-12-2-3-13-22/h4-11H,2-3,12-13H2,1H3,(H,21,23). The van der Waals surface area contributed by atoms with Crippen LogP contribution >= 0.6 is 0 Å². The summed E-state index contributed by atoms with van der Waals surface area (Å²) < 4.78 is 4.63. The maximum absolute atomic E-state index is 12.3. The molecule has 6 nitrogen and oxygen atoms in total. The summed E-state index contributed by atoms with van der Waals surface area (Å²) in [5.41, 5.74) is 2.03. The van der Waals surface area contributed by atoms with E-state index >= 15 is 0 Å². The lowest BCUT2D eigenvalue weighted by molar-refractivity contribution is 0.0600. The number of nitrogens with one attached hydrogen (secondary N) is 1. The van der Waals surface area contributed by atoms with E-state index in [1.54, 1.807) is 48.5 Å². The molecule has 134 valence electrons. The van der Waals surface area contributed by atoms with E-state index in [0.717, 1.165) is 25.9 Å². The minimum Gasteiger partial charge on any atom is -0.465 e. The third-order valence-electron chi connectivity index (χ3n) is 4.35. The summed E-state index contributed by atoms with van der Waals surface area (Å²) in [5, 5.41) is 2.78. The van der Waals surface area contributed by atoms with E-state index in [1.807, 2.05) is 4.90 Å². The Labute approximate surface area is 151 Å². The van der Waals surface area contributed by atoms with E-state index in [9.17, 15) is 14.4 Å². The average molecular weight is 352 g/mol. The van der Waals surface area contributed by atoms with Crippen LogP contribution in [0, 0.1) is 0 Å². The normalized spacial score (nSPS) is 13.3. The smallest absolute Gasteiger partial charge is 0.337 e. The van der Waals surface area contributed by atoms with Gasteiger partial charge in [-0.2, -0.15) is 0 Å². The van der Waals surface area contributed by atoms with Gasteiger partial charge in [-0.1, -0.05) is 0 Å². The Bertz CT molecular complexity index is 807. The lowest BCUT2D eigenvalue weighted by atomic mass is 10.1. The Morgan fingerprint density at radius 3 is 1.96 bits per heavy atom. The number of methoxy groups -OCH3 is 1. The molecule has 2 amide bonds. The number of nitrogens with zero attached hydrogens (tertiary/aromatic N) is 1. The molecule has 0 unspecified atom stereocenters. The first-order valence-corrected chi connectivity index (χ1v) is 8.47. The molecule has 0 aliphatic carbocycles. The highest BCUT2D eigenvalue weighted by Crippen LogP contribution is 2.16.